The second-order valence-electron chi connectivity index (χ2n) is 13.7. The SMILES string of the molecule is CC(C)[C@H](N)C(=O)N[C@@H](C)C(=O)N[C@@H](C)C(=O)N[C@H](C(=O)N[C@H](C(=O)N[C@H](C(=O)N[C@@H](C)C(=O)N[C@@H](C)C(=O)O)C(C)C)C(C)C)C(C)C. The Labute approximate surface area is 288 Å². The first kappa shape index (κ1) is 44.7. The molecular weight excluding hydrogens is 640 g/mol. The molecule has 0 aromatic heterocycles. The molecule has 10 N–H and O–H groups in total. The lowest BCUT2D eigenvalue weighted by Gasteiger charge is -2.30. The fraction of sp³-hybridized carbons (Fsp3) is 0.750. The van der Waals surface area contributed by atoms with Gasteiger partial charge in [-0.2, -0.15) is 0 Å². The van der Waals surface area contributed by atoms with Crippen LogP contribution in [0.4, 0.5) is 0 Å². The molecule has 17 nitrogen and oxygen atoms in total. The van der Waals surface area contributed by atoms with E-state index in [1.54, 1.807) is 55.4 Å². The number of nitrogens with two attached hydrogens (primary N) is 1. The van der Waals surface area contributed by atoms with Gasteiger partial charge in [0.1, 0.15) is 42.3 Å². The van der Waals surface area contributed by atoms with Gasteiger partial charge in [0.15, 0.2) is 0 Å². The minimum Gasteiger partial charge on any atom is -0.480 e. The Morgan fingerprint density at radius 2 is 0.612 bits per heavy atom. The van der Waals surface area contributed by atoms with Crippen molar-refractivity contribution >= 4 is 47.3 Å². The van der Waals surface area contributed by atoms with Gasteiger partial charge in [-0.05, 0) is 51.4 Å². The third kappa shape index (κ3) is 14.8. The van der Waals surface area contributed by atoms with E-state index in [-0.39, 0.29) is 5.92 Å². The van der Waals surface area contributed by atoms with Gasteiger partial charge in [-0.15, -0.1) is 0 Å². The van der Waals surface area contributed by atoms with E-state index in [4.69, 9.17) is 10.8 Å². The third-order valence-electron chi connectivity index (χ3n) is 7.75. The minimum atomic E-state index is -1.25. The first-order valence-electron chi connectivity index (χ1n) is 16.5. The highest BCUT2D eigenvalue weighted by Crippen LogP contribution is 2.10. The summed E-state index contributed by atoms with van der Waals surface area (Å²) in [6.07, 6.45) is 0. The molecule has 280 valence electrons. The molecule has 0 saturated heterocycles. The molecule has 49 heavy (non-hydrogen) atoms. The number of nitrogens with one attached hydrogen (secondary N) is 7. The van der Waals surface area contributed by atoms with Crippen molar-refractivity contribution in [3.8, 4) is 0 Å². The van der Waals surface area contributed by atoms with Gasteiger partial charge in [-0.3, -0.25) is 38.4 Å². The summed E-state index contributed by atoms with van der Waals surface area (Å²) in [6.45, 7) is 19.1. The highest BCUT2D eigenvalue weighted by molar-refractivity contribution is 5.97. The molecule has 0 unspecified atom stereocenters. The Bertz CT molecular complexity index is 1210. The van der Waals surface area contributed by atoms with Crippen LogP contribution in [0, 0.1) is 23.7 Å². The fourth-order valence-corrected chi connectivity index (χ4v) is 4.22. The van der Waals surface area contributed by atoms with Crippen LogP contribution in [0.3, 0.4) is 0 Å². The lowest BCUT2D eigenvalue weighted by molar-refractivity contribution is -0.141. The zero-order valence-corrected chi connectivity index (χ0v) is 30.7. The predicted molar refractivity (Wildman–Crippen MR) is 181 cm³/mol. The predicted octanol–water partition coefficient (Wildman–Crippen LogP) is -1.50. The number of aliphatic carboxylic acids is 1. The van der Waals surface area contributed by atoms with E-state index in [1.807, 2.05) is 0 Å². The van der Waals surface area contributed by atoms with Gasteiger partial charge in [0.05, 0.1) is 6.04 Å². The average molecular weight is 699 g/mol. The number of rotatable bonds is 19. The first-order valence-corrected chi connectivity index (χ1v) is 16.5. The van der Waals surface area contributed by atoms with Gasteiger partial charge in [0, 0.05) is 0 Å². The first-order chi connectivity index (χ1) is 22.4. The van der Waals surface area contributed by atoms with Crippen LogP contribution in [0.5, 0.6) is 0 Å². The van der Waals surface area contributed by atoms with Gasteiger partial charge in [0.25, 0.3) is 0 Å². The molecule has 0 bridgehead atoms. The monoisotopic (exact) mass is 698 g/mol. The van der Waals surface area contributed by atoms with E-state index < -0.39 is 113 Å². The molecule has 0 aliphatic heterocycles. The van der Waals surface area contributed by atoms with Crippen LogP contribution in [0.15, 0.2) is 0 Å². The fourth-order valence-electron chi connectivity index (χ4n) is 4.22. The highest BCUT2D eigenvalue weighted by atomic mass is 16.4. The van der Waals surface area contributed by atoms with Crippen LogP contribution in [-0.4, -0.2) is 101 Å². The van der Waals surface area contributed by atoms with Gasteiger partial charge >= 0.3 is 5.97 Å². The maximum absolute atomic E-state index is 13.4. The van der Waals surface area contributed by atoms with Crippen LogP contribution in [0.2, 0.25) is 0 Å². The second-order valence-corrected chi connectivity index (χ2v) is 13.7. The number of carbonyl (C=O) groups is 8. The maximum atomic E-state index is 13.4. The van der Waals surface area contributed by atoms with E-state index in [0.717, 1.165) is 0 Å². The molecule has 0 spiro atoms. The lowest BCUT2D eigenvalue weighted by Crippen LogP contribution is -2.61. The summed E-state index contributed by atoms with van der Waals surface area (Å²) in [5, 5.41) is 26.6. The van der Waals surface area contributed by atoms with Gasteiger partial charge in [-0.1, -0.05) is 55.4 Å². The normalized spacial score (nSPS) is 16.3. The van der Waals surface area contributed by atoms with E-state index in [2.05, 4.69) is 37.2 Å². The van der Waals surface area contributed by atoms with Gasteiger partial charge in [-0.25, -0.2) is 0 Å². The highest BCUT2D eigenvalue weighted by Gasteiger charge is 2.35. The molecule has 8 atom stereocenters. The van der Waals surface area contributed by atoms with Gasteiger partial charge in [0.2, 0.25) is 41.4 Å². The Hall–Kier alpha value is -4.28. The molecule has 0 saturated carbocycles. The molecule has 0 aliphatic carbocycles. The van der Waals surface area contributed by atoms with E-state index in [0.29, 0.717) is 0 Å². The number of hydrogen-bond donors (Lipinski definition) is 9. The summed E-state index contributed by atoms with van der Waals surface area (Å²) >= 11 is 0. The largest absolute Gasteiger partial charge is 0.480 e. The van der Waals surface area contributed by atoms with Crippen molar-refractivity contribution in [2.24, 2.45) is 29.4 Å². The zero-order valence-electron chi connectivity index (χ0n) is 30.7. The maximum Gasteiger partial charge on any atom is 0.325 e. The Morgan fingerprint density at radius 3 is 0.918 bits per heavy atom. The third-order valence-corrected chi connectivity index (χ3v) is 7.75. The summed E-state index contributed by atoms with van der Waals surface area (Å²) in [5.74, 6) is -7.35. The number of carbonyl (C=O) groups excluding carboxylic acids is 7. The quantitative estimate of drug-likeness (QED) is 0.0753. The van der Waals surface area contributed by atoms with Crippen LogP contribution in [0.1, 0.15) is 83.1 Å². The van der Waals surface area contributed by atoms with Crippen molar-refractivity contribution in [3.05, 3.63) is 0 Å². The molecule has 0 aliphatic rings. The zero-order chi connectivity index (χ0) is 38.5. The molecule has 0 heterocycles. The van der Waals surface area contributed by atoms with Crippen molar-refractivity contribution in [3.63, 3.8) is 0 Å². The number of carboxylic acids is 1. The summed E-state index contributed by atoms with van der Waals surface area (Å²) in [5.41, 5.74) is 5.82. The van der Waals surface area contributed by atoms with Crippen LogP contribution in [0.25, 0.3) is 0 Å². The second kappa shape index (κ2) is 20.3. The van der Waals surface area contributed by atoms with Crippen molar-refractivity contribution in [1.82, 2.24) is 37.2 Å². The Balaban J connectivity index is 5.59. The molecule has 0 aromatic rings. The summed E-state index contributed by atoms with van der Waals surface area (Å²) in [7, 11) is 0. The number of carboxylic acid groups (broad SMARTS) is 1. The Morgan fingerprint density at radius 1 is 0.367 bits per heavy atom. The topological polar surface area (TPSA) is 267 Å². The van der Waals surface area contributed by atoms with E-state index >= 15 is 0 Å². The molecule has 0 rings (SSSR count). The van der Waals surface area contributed by atoms with Crippen LogP contribution >= 0.6 is 0 Å². The van der Waals surface area contributed by atoms with Crippen LogP contribution < -0.4 is 43.0 Å². The Kier molecular flexibility index (Phi) is 18.5. The van der Waals surface area contributed by atoms with Crippen LogP contribution in [-0.2, 0) is 38.4 Å². The molecule has 0 aromatic carbocycles. The number of amides is 7. The molecule has 0 radical (unpaired) electrons. The molecular formula is C32H58N8O9. The lowest BCUT2D eigenvalue weighted by atomic mass is 9.97. The average Bonchev–Trinajstić information content (AvgIpc) is 2.99. The molecule has 7 amide bonds. The standard InChI is InChI=1S/C32H58N8O9/c1-13(2)21(33)28(44)35-17(9)25(41)34-19(11)27(43)38-23(15(5)6)30(46)40-24(16(7)8)31(47)39-22(14(3)4)29(45)36-18(10)26(42)37-20(12)32(48)49/h13-24H,33H2,1-12H3,(H,34,41)(H,35,44)(H,36,45)(H,37,42)(H,38,43)(H,39,47)(H,40,46)(H,48,49)/t17-,18-,19-,20-,21-,22-,23-,24-/m0/s1. The molecule has 0 fully saturated rings. The summed E-state index contributed by atoms with van der Waals surface area (Å²) in [6, 6.07) is -8.54. The van der Waals surface area contributed by atoms with Gasteiger partial charge < -0.3 is 48.1 Å². The summed E-state index contributed by atoms with van der Waals surface area (Å²) < 4.78 is 0. The van der Waals surface area contributed by atoms with E-state index in [1.165, 1.54) is 27.7 Å². The minimum absolute atomic E-state index is 0.151. The van der Waals surface area contributed by atoms with E-state index in [9.17, 15) is 38.4 Å². The van der Waals surface area contributed by atoms with Crippen molar-refractivity contribution < 1.29 is 43.5 Å². The molecule has 17 heteroatoms. The van der Waals surface area contributed by atoms with Crippen molar-refractivity contribution in [1.29, 1.82) is 0 Å². The summed E-state index contributed by atoms with van der Waals surface area (Å²) in [4.78, 5) is 101. The smallest absolute Gasteiger partial charge is 0.325 e. The van der Waals surface area contributed by atoms with Crippen molar-refractivity contribution in [2.75, 3.05) is 0 Å². The number of hydrogen-bond acceptors (Lipinski definition) is 9. The van der Waals surface area contributed by atoms with Crippen molar-refractivity contribution in [2.45, 2.75) is 131 Å².